The van der Waals surface area contributed by atoms with Crippen molar-refractivity contribution in [2.24, 2.45) is 0 Å². The summed E-state index contributed by atoms with van der Waals surface area (Å²) in [5.74, 6) is -1.02. The van der Waals surface area contributed by atoms with Gasteiger partial charge in [0, 0.05) is 18.6 Å². The zero-order valence-corrected chi connectivity index (χ0v) is 12.8. The lowest BCUT2D eigenvalue weighted by molar-refractivity contribution is 0.0559. The zero-order chi connectivity index (χ0) is 17.8. The van der Waals surface area contributed by atoms with Gasteiger partial charge in [-0.05, 0) is 41.5 Å². The average Bonchev–Trinajstić information content (AvgIpc) is 3.12. The van der Waals surface area contributed by atoms with Crippen molar-refractivity contribution in [2.45, 2.75) is 12.6 Å². The van der Waals surface area contributed by atoms with Crippen LogP contribution in [0.1, 0.15) is 34.2 Å². The summed E-state index contributed by atoms with van der Waals surface area (Å²) in [5, 5.41) is 6.27. The van der Waals surface area contributed by atoms with Gasteiger partial charge < -0.3 is 5.32 Å². The van der Waals surface area contributed by atoms with E-state index in [0.29, 0.717) is 15.8 Å². The summed E-state index contributed by atoms with van der Waals surface area (Å²) in [7, 11) is 0. The van der Waals surface area contributed by atoms with Gasteiger partial charge in [-0.2, -0.15) is 13.9 Å². The Morgan fingerprint density at radius 3 is 2.24 bits per heavy atom. The molecule has 8 heteroatoms. The molecule has 0 unspecified atom stereocenters. The summed E-state index contributed by atoms with van der Waals surface area (Å²) in [4.78, 5) is 16.3. The number of carbonyl (C=O) groups is 1. The molecule has 1 aromatic carbocycles. The maximum Gasteiger partial charge on any atom is 0.333 e. The number of rotatable bonds is 5. The average molecular weight is 346 g/mol. The fourth-order valence-corrected chi connectivity index (χ4v) is 2.34. The predicted molar refractivity (Wildman–Crippen MR) is 83.4 cm³/mol. The second kappa shape index (κ2) is 7.16. The molecule has 3 rings (SSSR count). The Morgan fingerprint density at radius 1 is 1.00 bits per heavy atom. The van der Waals surface area contributed by atoms with E-state index in [4.69, 9.17) is 0 Å². The molecule has 0 aliphatic heterocycles. The van der Waals surface area contributed by atoms with E-state index < -0.39 is 24.3 Å². The first kappa shape index (κ1) is 16.7. The van der Waals surface area contributed by atoms with Crippen molar-refractivity contribution in [3.63, 3.8) is 0 Å². The van der Waals surface area contributed by atoms with Crippen molar-refractivity contribution < 1.29 is 18.0 Å². The summed E-state index contributed by atoms with van der Waals surface area (Å²) in [6.07, 6.45) is 4.14. The van der Waals surface area contributed by atoms with Gasteiger partial charge in [0.05, 0.1) is 6.04 Å². The van der Waals surface area contributed by atoms with Crippen LogP contribution in [0.4, 0.5) is 13.2 Å². The van der Waals surface area contributed by atoms with Crippen LogP contribution >= 0.6 is 0 Å². The van der Waals surface area contributed by atoms with Gasteiger partial charge in [0.15, 0.2) is 0 Å². The lowest BCUT2D eigenvalue weighted by atomic mass is 9.99. The molecule has 0 aliphatic rings. The fourth-order valence-electron chi connectivity index (χ4n) is 2.34. The Hall–Kier alpha value is -3.16. The highest BCUT2D eigenvalue weighted by atomic mass is 19.3. The van der Waals surface area contributed by atoms with Crippen LogP contribution in [-0.4, -0.2) is 20.7 Å². The van der Waals surface area contributed by atoms with Gasteiger partial charge in [-0.1, -0.05) is 12.1 Å². The van der Waals surface area contributed by atoms with Gasteiger partial charge in [0.25, 0.3) is 5.91 Å². The summed E-state index contributed by atoms with van der Waals surface area (Å²) in [6, 6.07) is 9.64. The largest absolute Gasteiger partial charge is 0.340 e. The summed E-state index contributed by atoms with van der Waals surface area (Å²) < 4.78 is 38.8. The number of alkyl halides is 2. The van der Waals surface area contributed by atoms with E-state index in [9.17, 15) is 18.0 Å². The van der Waals surface area contributed by atoms with Crippen molar-refractivity contribution in [1.29, 1.82) is 0 Å². The van der Waals surface area contributed by atoms with Gasteiger partial charge in [-0.15, -0.1) is 0 Å². The van der Waals surface area contributed by atoms with Crippen LogP contribution in [0.5, 0.6) is 0 Å². The molecule has 0 radical (unpaired) electrons. The van der Waals surface area contributed by atoms with E-state index in [0.717, 1.165) is 6.20 Å². The third kappa shape index (κ3) is 3.85. The molecular formula is C17H13F3N4O. The van der Waals surface area contributed by atoms with Crippen LogP contribution in [0.3, 0.4) is 0 Å². The second-order valence-electron chi connectivity index (χ2n) is 5.20. The molecule has 1 amide bonds. The van der Waals surface area contributed by atoms with E-state index in [2.05, 4.69) is 15.4 Å². The first-order valence-corrected chi connectivity index (χ1v) is 7.34. The van der Waals surface area contributed by atoms with Crippen molar-refractivity contribution >= 4 is 5.91 Å². The highest BCUT2D eigenvalue weighted by Gasteiger charge is 2.20. The first-order chi connectivity index (χ1) is 12.0. The summed E-state index contributed by atoms with van der Waals surface area (Å²) in [5.41, 5.74) is 1.21. The van der Waals surface area contributed by atoms with Gasteiger partial charge in [0.2, 0.25) is 0 Å². The quantitative estimate of drug-likeness (QED) is 0.771. The molecule has 0 saturated carbocycles. The molecule has 25 heavy (non-hydrogen) atoms. The van der Waals surface area contributed by atoms with Gasteiger partial charge >= 0.3 is 6.55 Å². The monoisotopic (exact) mass is 346 g/mol. The number of halogens is 3. The van der Waals surface area contributed by atoms with E-state index >= 15 is 0 Å². The minimum Gasteiger partial charge on any atom is -0.340 e. The Morgan fingerprint density at radius 2 is 1.64 bits per heavy atom. The number of carbonyl (C=O) groups excluding carboxylic acids is 1. The molecule has 2 aromatic heterocycles. The normalized spacial score (nSPS) is 12.2. The third-order valence-electron chi connectivity index (χ3n) is 3.56. The number of benzene rings is 1. The van der Waals surface area contributed by atoms with Crippen LogP contribution in [-0.2, 0) is 0 Å². The molecule has 2 heterocycles. The maximum absolute atomic E-state index is 13.2. The molecule has 1 atom stereocenters. The third-order valence-corrected chi connectivity index (χ3v) is 3.56. The van der Waals surface area contributed by atoms with Crippen molar-refractivity contribution in [3.8, 4) is 0 Å². The van der Waals surface area contributed by atoms with Crippen molar-refractivity contribution in [1.82, 2.24) is 20.1 Å². The van der Waals surface area contributed by atoms with Gasteiger partial charge in [-0.3, -0.25) is 9.78 Å². The zero-order valence-electron chi connectivity index (χ0n) is 12.8. The first-order valence-electron chi connectivity index (χ1n) is 7.34. The van der Waals surface area contributed by atoms with Crippen LogP contribution in [0.15, 0.2) is 61.1 Å². The molecular weight excluding hydrogens is 333 g/mol. The Labute approximate surface area is 141 Å². The number of nitrogens with one attached hydrogen (secondary N) is 1. The lowest BCUT2D eigenvalue weighted by Crippen LogP contribution is -2.29. The number of hydrogen-bond donors (Lipinski definition) is 1. The topological polar surface area (TPSA) is 59.8 Å². The smallest absolute Gasteiger partial charge is 0.333 e. The Kier molecular flexibility index (Phi) is 4.78. The molecule has 1 N–H and O–H groups in total. The highest BCUT2D eigenvalue weighted by molar-refractivity contribution is 5.92. The van der Waals surface area contributed by atoms with Crippen LogP contribution in [0, 0.1) is 5.82 Å². The minimum absolute atomic E-state index is 0.138. The molecule has 5 nitrogen and oxygen atoms in total. The Bertz CT molecular complexity index is 850. The van der Waals surface area contributed by atoms with Gasteiger partial charge in [0.1, 0.15) is 11.5 Å². The lowest BCUT2D eigenvalue weighted by Gasteiger charge is -2.19. The molecule has 0 aliphatic carbocycles. The number of aromatic nitrogens is 3. The molecule has 3 aromatic rings. The summed E-state index contributed by atoms with van der Waals surface area (Å²) >= 11 is 0. The van der Waals surface area contributed by atoms with Gasteiger partial charge in [-0.25, -0.2) is 9.07 Å². The van der Waals surface area contributed by atoms with Crippen molar-refractivity contribution in [2.75, 3.05) is 0 Å². The molecule has 128 valence electrons. The highest BCUT2D eigenvalue weighted by Crippen LogP contribution is 2.22. The molecule has 0 fully saturated rings. The number of amides is 1. The Balaban J connectivity index is 1.89. The SMILES string of the molecule is O=C(N[C@@H](c1ccncc1)c1ccc(F)cc1)c1ccn(C(F)F)n1. The van der Waals surface area contributed by atoms with E-state index in [1.807, 2.05) is 0 Å². The minimum atomic E-state index is -2.82. The van der Waals surface area contributed by atoms with E-state index in [1.54, 1.807) is 36.7 Å². The van der Waals surface area contributed by atoms with Crippen LogP contribution < -0.4 is 5.32 Å². The number of pyridine rings is 1. The molecule has 0 bridgehead atoms. The molecule has 0 saturated heterocycles. The fraction of sp³-hybridized carbons (Fsp3) is 0.118. The van der Waals surface area contributed by atoms with Crippen molar-refractivity contribution in [3.05, 3.63) is 83.7 Å². The number of nitrogens with zero attached hydrogens (tertiary/aromatic N) is 3. The maximum atomic E-state index is 13.2. The van der Waals surface area contributed by atoms with E-state index in [1.165, 1.54) is 18.2 Å². The standard InChI is InChI=1S/C17H13F3N4O/c18-13-3-1-11(2-4-13)15(12-5-8-21-9-6-12)22-16(25)14-7-10-24(23-14)17(19)20/h1-10,15,17H,(H,22,25)/t15-/m1/s1. The second-order valence-corrected chi connectivity index (χ2v) is 5.20. The molecule has 0 spiro atoms. The summed E-state index contributed by atoms with van der Waals surface area (Å²) in [6.45, 7) is -2.82. The van der Waals surface area contributed by atoms with E-state index in [-0.39, 0.29) is 5.69 Å². The van der Waals surface area contributed by atoms with Crippen LogP contribution in [0.2, 0.25) is 0 Å². The van der Waals surface area contributed by atoms with Crippen LogP contribution in [0.25, 0.3) is 0 Å². The predicted octanol–water partition coefficient (Wildman–Crippen LogP) is 3.33. The number of hydrogen-bond acceptors (Lipinski definition) is 3.